The number of aromatic nitrogens is 3. The van der Waals surface area contributed by atoms with Gasteiger partial charge in [-0.15, -0.1) is 0 Å². The molecule has 3 aliphatic rings. The number of aliphatic hydroxyl groups is 1. The quantitative estimate of drug-likeness (QED) is 0.558. The molecule has 0 bridgehead atoms. The van der Waals surface area contributed by atoms with Gasteiger partial charge in [-0.25, -0.2) is 4.98 Å². The van der Waals surface area contributed by atoms with Crippen LogP contribution in [0.15, 0.2) is 12.4 Å². The lowest BCUT2D eigenvalue weighted by Crippen LogP contribution is -2.46. The molecule has 0 spiro atoms. The molecule has 34 heavy (non-hydrogen) atoms. The molecule has 2 aliphatic heterocycles. The van der Waals surface area contributed by atoms with Gasteiger partial charge in [0.2, 0.25) is 5.95 Å². The van der Waals surface area contributed by atoms with Crippen LogP contribution in [0.4, 0.5) is 5.95 Å². The third-order valence-corrected chi connectivity index (χ3v) is 8.55. The Balaban J connectivity index is 1.38. The SMILES string of the molecule is CCC[C@H](C)Nc1ncc2c(C3CCN(C4CCNCC4)CC3)cn([C@H]3CC[C@H](O)CC3)c2n1. The van der Waals surface area contributed by atoms with E-state index in [9.17, 15) is 5.11 Å². The highest BCUT2D eigenvalue weighted by Gasteiger charge is 2.30. The minimum Gasteiger partial charge on any atom is -0.393 e. The van der Waals surface area contributed by atoms with Crippen molar-refractivity contribution < 1.29 is 5.11 Å². The summed E-state index contributed by atoms with van der Waals surface area (Å²) < 4.78 is 2.44. The van der Waals surface area contributed by atoms with E-state index < -0.39 is 0 Å². The van der Waals surface area contributed by atoms with Crippen LogP contribution in [0.5, 0.6) is 0 Å². The summed E-state index contributed by atoms with van der Waals surface area (Å²) in [5.41, 5.74) is 2.53. The Hall–Kier alpha value is -1.70. The van der Waals surface area contributed by atoms with Crippen LogP contribution in [-0.2, 0) is 0 Å². The summed E-state index contributed by atoms with van der Waals surface area (Å²) in [5.74, 6) is 1.33. The molecule has 7 heteroatoms. The third-order valence-electron chi connectivity index (χ3n) is 8.55. The number of nitrogens with zero attached hydrogens (tertiary/aromatic N) is 4. The highest BCUT2D eigenvalue weighted by atomic mass is 16.3. The molecule has 1 atom stereocenters. The largest absolute Gasteiger partial charge is 0.393 e. The highest BCUT2D eigenvalue weighted by Crippen LogP contribution is 2.39. The molecule has 2 aromatic rings. The first-order chi connectivity index (χ1) is 16.6. The second kappa shape index (κ2) is 10.9. The van der Waals surface area contributed by atoms with Crippen molar-refractivity contribution in [2.45, 2.75) is 108 Å². The van der Waals surface area contributed by atoms with Gasteiger partial charge < -0.3 is 25.2 Å². The Labute approximate surface area is 204 Å². The predicted molar refractivity (Wildman–Crippen MR) is 138 cm³/mol. The van der Waals surface area contributed by atoms with Crippen molar-refractivity contribution in [3.63, 3.8) is 0 Å². The van der Waals surface area contributed by atoms with Gasteiger partial charge in [-0.2, -0.15) is 4.98 Å². The fraction of sp³-hybridized carbons (Fsp3) is 0.778. The number of aliphatic hydroxyl groups excluding tert-OH is 1. The summed E-state index contributed by atoms with van der Waals surface area (Å²) in [6.45, 7) is 9.16. The maximum atomic E-state index is 10.1. The van der Waals surface area contributed by atoms with Gasteiger partial charge in [0.1, 0.15) is 5.65 Å². The van der Waals surface area contributed by atoms with Crippen molar-refractivity contribution in [1.82, 2.24) is 24.8 Å². The molecular weight excluding hydrogens is 424 g/mol. The molecule has 0 aromatic carbocycles. The lowest BCUT2D eigenvalue weighted by atomic mass is 9.88. The van der Waals surface area contributed by atoms with Crippen molar-refractivity contribution in [3.05, 3.63) is 18.0 Å². The van der Waals surface area contributed by atoms with Crippen molar-refractivity contribution in [2.75, 3.05) is 31.5 Å². The Bertz CT molecular complexity index is 923. The molecule has 1 aliphatic carbocycles. The topological polar surface area (TPSA) is 78.2 Å². The smallest absolute Gasteiger partial charge is 0.224 e. The van der Waals surface area contributed by atoms with Crippen LogP contribution in [0.2, 0.25) is 0 Å². The fourth-order valence-corrected chi connectivity index (χ4v) is 6.54. The Morgan fingerprint density at radius 2 is 1.79 bits per heavy atom. The second-order valence-corrected chi connectivity index (χ2v) is 11.0. The Morgan fingerprint density at radius 3 is 2.50 bits per heavy atom. The Kier molecular flexibility index (Phi) is 7.71. The van der Waals surface area contributed by atoms with Gasteiger partial charge in [0.05, 0.1) is 6.10 Å². The zero-order valence-electron chi connectivity index (χ0n) is 21.2. The number of hydrogen-bond donors (Lipinski definition) is 3. The van der Waals surface area contributed by atoms with Gasteiger partial charge in [0.15, 0.2) is 0 Å². The predicted octanol–water partition coefficient (Wildman–Crippen LogP) is 4.44. The number of nitrogens with one attached hydrogen (secondary N) is 2. The number of rotatable bonds is 7. The first-order valence-corrected chi connectivity index (χ1v) is 13.9. The van der Waals surface area contributed by atoms with E-state index >= 15 is 0 Å². The number of fused-ring (bicyclic) bond motifs is 1. The maximum Gasteiger partial charge on any atom is 0.224 e. The van der Waals surface area contributed by atoms with Crippen molar-refractivity contribution >= 4 is 17.0 Å². The number of piperidine rings is 2. The summed E-state index contributed by atoms with van der Waals surface area (Å²) >= 11 is 0. The van der Waals surface area contributed by atoms with Crippen LogP contribution in [-0.4, -0.2) is 68.9 Å². The standard InChI is InChI=1S/C27H44N6O/c1-3-4-19(2)30-27-29-17-24-25(18-33(26(24)31-27)22-5-7-23(34)8-6-22)20-11-15-32(16-12-20)21-9-13-28-14-10-21/h17-23,28,34H,3-16H2,1-2H3,(H,29,30,31)/t19-,22-,23-/m0/s1. The summed E-state index contributed by atoms with van der Waals surface area (Å²) in [5, 5.41) is 18.3. The minimum absolute atomic E-state index is 0.140. The average Bonchev–Trinajstić information content (AvgIpc) is 3.24. The van der Waals surface area contributed by atoms with E-state index in [4.69, 9.17) is 9.97 Å². The van der Waals surface area contributed by atoms with Crippen LogP contribution >= 0.6 is 0 Å². The highest BCUT2D eigenvalue weighted by molar-refractivity contribution is 5.81. The second-order valence-electron chi connectivity index (χ2n) is 11.0. The number of likely N-dealkylation sites (tertiary alicyclic amines) is 1. The van der Waals surface area contributed by atoms with Gasteiger partial charge in [-0.05, 0) is 102 Å². The van der Waals surface area contributed by atoms with Crippen molar-refractivity contribution in [1.29, 1.82) is 0 Å². The van der Waals surface area contributed by atoms with E-state index in [2.05, 4.69) is 46.3 Å². The van der Waals surface area contributed by atoms with E-state index in [-0.39, 0.29) is 6.10 Å². The van der Waals surface area contributed by atoms with Crippen LogP contribution in [0, 0.1) is 0 Å². The molecule has 3 fully saturated rings. The molecule has 3 N–H and O–H groups in total. The van der Waals surface area contributed by atoms with Gasteiger partial charge in [0.25, 0.3) is 0 Å². The van der Waals surface area contributed by atoms with Crippen LogP contribution in [0.25, 0.3) is 11.0 Å². The number of hydrogen-bond acceptors (Lipinski definition) is 6. The summed E-state index contributed by atoms with van der Waals surface area (Å²) in [7, 11) is 0. The van der Waals surface area contributed by atoms with Crippen LogP contribution in [0.3, 0.4) is 0 Å². The fourth-order valence-electron chi connectivity index (χ4n) is 6.54. The lowest BCUT2D eigenvalue weighted by Gasteiger charge is -2.39. The zero-order valence-corrected chi connectivity index (χ0v) is 21.2. The third kappa shape index (κ3) is 5.26. The molecule has 5 rings (SSSR count). The molecule has 2 saturated heterocycles. The first kappa shape index (κ1) is 24.0. The van der Waals surface area contributed by atoms with Crippen LogP contribution in [0.1, 0.15) is 95.6 Å². The molecule has 188 valence electrons. The van der Waals surface area contributed by atoms with E-state index in [1.54, 1.807) is 0 Å². The summed E-state index contributed by atoms with van der Waals surface area (Å²) in [6.07, 6.45) is 15.5. The van der Waals surface area contributed by atoms with Gasteiger partial charge in [0, 0.05) is 35.9 Å². The average molecular weight is 469 g/mol. The molecule has 0 radical (unpaired) electrons. The number of anilines is 1. The molecule has 0 amide bonds. The lowest BCUT2D eigenvalue weighted by molar-refractivity contribution is 0.111. The zero-order chi connectivity index (χ0) is 23.5. The molecule has 0 unspecified atom stereocenters. The molecule has 2 aromatic heterocycles. The van der Waals surface area contributed by atoms with Crippen LogP contribution < -0.4 is 10.6 Å². The van der Waals surface area contributed by atoms with Crippen molar-refractivity contribution in [3.8, 4) is 0 Å². The van der Waals surface area contributed by atoms with Gasteiger partial charge >= 0.3 is 0 Å². The molecular formula is C27H44N6O. The first-order valence-electron chi connectivity index (χ1n) is 13.9. The van der Waals surface area contributed by atoms with Gasteiger partial charge in [-0.3, -0.25) is 0 Å². The minimum atomic E-state index is -0.140. The Morgan fingerprint density at radius 1 is 1.06 bits per heavy atom. The molecule has 1 saturated carbocycles. The molecule has 4 heterocycles. The van der Waals surface area contributed by atoms with Gasteiger partial charge in [-0.1, -0.05) is 13.3 Å². The summed E-state index contributed by atoms with van der Waals surface area (Å²) in [4.78, 5) is 12.5. The maximum absolute atomic E-state index is 10.1. The summed E-state index contributed by atoms with van der Waals surface area (Å²) in [6, 6.07) is 1.55. The van der Waals surface area contributed by atoms with E-state index in [0.717, 1.165) is 56.2 Å². The van der Waals surface area contributed by atoms with E-state index in [0.29, 0.717) is 18.0 Å². The van der Waals surface area contributed by atoms with E-state index in [1.165, 1.54) is 62.8 Å². The molecule has 7 nitrogen and oxygen atoms in total. The van der Waals surface area contributed by atoms with Crippen molar-refractivity contribution in [2.24, 2.45) is 0 Å². The van der Waals surface area contributed by atoms with E-state index in [1.807, 2.05) is 0 Å². The monoisotopic (exact) mass is 468 g/mol. The normalized spacial score (nSPS) is 26.7.